The van der Waals surface area contributed by atoms with Gasteiger partial charge in [0.15, 0.2) is 5.69 Å². The zero-order chi connectivity index (χ0) is 29.0. The van der Waals surface area contributed by atoms with Crippen LogP contribution in [0.5, 0.6) is 5.75 Å². The van der Waals surface area contributed by atoms with Gasteiger partial charge >= 0.3 is 11.9 Å². The number of carbonyl (C=O) groups excluding carboxylic acids is 2. The van der Waals surface area contributed by atoms with E-state index < -0.39 is 11.9 Å². The van der Waals surface area contributed by atoms with Crippen molar-refractivity contribution in [3.63, 3.8) is 0 Å². The second-order valence-corrected chi connectivity index (χ2v) is 9.26. The number of aromatic nitrogens is 4. The summed E-state index contributed by atoms with van der Waals surface area (Å²) in [4.78, 5) is 29.1. The summed E-state index contributed by atoms with van der Waals surface area (Å²) in [6.45, 7) is 6.51. The Kier molecular flexibility index (Phi) is 10.4. The number of benzene rings is 2. The van der Waals surface area contributed by atoms with E-state index in [1.54, 1.807) is 20.1 Å². The molecule has 0 aliphatic rings. The summed E-state index contributed by atoms with van der Waals surface area (Å²) in [5.41, 5.74) is 4.05. The van der Waals surface area contributed by atoms with Gasteiger partial charge in [-0.15, -0.1) is 5.10 Å². The molecule has 0 fully saturated rings. The highest BCUT2D eigenvalue weighted by molar-refractivity contribution is 6.00. The van der Waals surface area contributed by atoms with Gasteiger partial charge in [0.2, 0.25) is 11.6 Å². The fourth-order valence-corrected chi connectivity index (χ4v) is 4.02. The van der Waals surface area contributed by atoms with Crippen LogP contribution in [-0.2, 0) is 29.0 Å². The summed E-state index contributed by atoms with van der Waals surface area (Å²) in [7, 11) is 0. The molecule has 41 heavy (non-hydrogen) atoms. The second kappa shape index (κ2) is 14.6. The summed E-state index contributed by atoms with van der Waals surface area (Å²) >= 11 is 0. The summed E-state index contributed by atoms with van der Waals surface area (Å²) < 4.78 is 22.9. The van der Waals surface area contributed by atoms with Crippen LogP contribution in [0.2, 0.25) is 0 Å². The molecule has 214 valence electrons. The van der Waals surface area contributed by atoms with E-state index in [0.29, 0.717) is 24.7 Å². The van der Waals surface area contributed by atoms with Crippen molar-refractivity contribution in [3.05, 3.63) is 94.5 Å². The maximum absolute atomic E-state index is 12.4. The van der Waals surface area contributed by atoms with Gasteiger partial charge in [0, 0.05) is 12.6 Å². The molecule has 0 N–H and O–H groups in total. The molecule has 0 aliphatic heterocycles. The summed E-state index contributed by atoms with van der Waals surface area (Å²) in [5.74, 6) is -0.0710. The van der Waals surface area contributed by atoms with Crippen LogP contribution < -0.4 is 4.74 Å². The third-order valence-electron chi connectivity index (χ3n) is 6.13. The fraction of sp³-hybridized carbons (Fsp3) is 0.323. The number of esters is 2. The van der Waals surface area contributed by atoms with Gasteiger partial charge in [-0.2, -0.15) is 0 Å². The van der Waals surface area contributed by atoms with E-state index in [9.17, 15) is 9.59 Å². The van der Waals surface area contributed by atoms with Gasteiger partial charge in [-0.3, -0.25) is 0 Å². The molecule has 0 saturated heterocycles. The van der Waals surface area contributed by atoms with E-state index in [-0.39, 0.29) is 24.6 Å². The molecule has 2 aromatic carbocycles. The number of nitrogens with zero attached hydrogens (tertiary/aromatic N) is 4. The number of aryl methyl sites for hydroxylation is 3. The summed E-state index contributed by atoms with van der Waals surface area (Å²) in [5, 5.41) is 7.85. The average Bonchev–Trinajstić information content (AvgIpc) is 3.62. The van der Waals surface area contributed by atoms with Crippen LogP contribution >= 0.6 is 0 Å². The van der Waals surface area contributed by atoms with E-state index in [2.05, 4.69) is 34.4 Å². The van der Waals surface area contributed by atoms with E-state index in [0.717, 1.165) is 36.1 Å². The number of oxazole rings is 1. The van der Waals surface area contributed by atoms with Gasteiger partial charge in [0.1, 0.15) is 24.3 Å². The van der Waals surface area contributed by atoms with Crippen LogP contribution in [0.3, 0.4) is 0 Å². The van der Waals surface area contributed by atoms with Crippen molar-refractivity contribution in [3.8, 4) is 5.75 Å². The minimum absolute atomic E-state index is 0.0216. The van der Waals surface area contributed by atoms with Crippen molar-refractivity contribution in [2.75, 3.05) is 13.2 Å². The van der Waals surface area contributed by atoms with Crippen molar-refractivity contribution < 1.29 is 28.2 Å². The molecule has 0 radical (unpaired) electrons. The molecule has 0 saturated carbocycles. The highest BCUT2D eigenvalue weighted by Crippen LogP contribution is 2.17. The molecule has 2 aromatic heterocycles. The number of ether oxygens (including phenoxy) is 3. The van der Waals surface area contributed by atoms with Crippen LogP contribution in [0.25, 0.3) is 12.2 Å². The van der Waals surface area contributed by atoms with Gasteiger partial charge in [-0.05, 0) is 69.4 Å². The van der Waals surface area contributed by atoms with Crippen LogP contribution in [-0.4, -0.2) is 45.1 Å². The number of rotatable bonds is 14. The second-order valence-electron chi connectivity index (χ2n) is 9.26. The van der Waals surface area contributed by atoms with Crippen molar-refractivity contribution in [2.24, 2.45) is 0 Å². The highest BCUT2D eigenvalue weighted by atomic mass is 16.5. The topological polar surface area (TPSA) is 119 Å². The zero-order valence-corrected chi connectivity index (χ0v) is 23.5. The SMILES string of the molecule is CCOC(=O)c1nnn(CCCCc2ccc(OCc3coc(/C=C/c4ccc(C)cc4)n3)cc2)c1C(=O)OCC. The Morgan fingerprint density at radius 3 is 2.39 bits per heavy atom. The number of carbonyl (C=O) groups is 2. The van der Waals surface area contributed by atoms with Gasteiger partial charge in [0.25, 0.3) is 0 Å². The zero-order valence-electron chi connectivity index (χ0n) is 23.5. The number of unbranched alkanes of at least 4 members (excludes halogenated alkanes) is 1. The van der Waals surface area contributed by atoms with Gasteiger partial charge in [0.05, 0.1) is 13.2 Å². The number of hydrogen-bond acceptors (Lipinski definition) is 9. The lowest BCUT2D eigenvalue weighted by Gasteiger charge is -2.08. The van der Waals surface area contributed by atoms with Crippen LogP contribution in [0.1, 0.15) is 75.9 Å². The van der Waals surface area contributed by atoms with Crippen molar-refractivity contribution in [1.29, 1.82) is 0 Å². The molecule has 2 heterocycles. The molecule has 0 amide bonds. The highest BCUT2D eigenvalue weighted by Gasteiger charge is 2.27. The Hall–Kier alpha value is -4.73. The van der Waals surface area contributed by atoms with Crippen molar-refractivity contribution in [1.82, 2.24) is 20.0 Å². The van der Waals surface area contributed by atoms with Crippen molar-refractivity contribution >= 4 is 24.1 Å². The fourth-order valence-electron chi connectivity index (χ4n) is 4.02. The Balaban J connectivity index is 1.23. The van der Waals surface area contributed by atoms with E-state index >= 15 is 0 Å². The lowest BCUT2D eigenvalue weighted by molar-refractivity contribution is 0.0466. The molecule has 0 aliphatic carbocycles. The molecule has 0 bridgehead atoms. The quantitative estimate of drug-likeness (QED) is 0.142. The maximum Gasteiger partial charge on any atom is 0.361 e. The summed E-state index contributed by atoms with van der Waals surface area (Å²) in [6, 6.07) is 16.1. The normalized spacial score (nSPS) is 11.1. The third-order valence-corrected chi connectivity index (χ3v) is 6.13. The van der Waals surface area contributed by atoms with E-state index in [4.69, 9.17) is 18.6 Å². The van der Waals surface area contributed by atoms with Gasteiger partial charge in [-0.25, -0.2) is 19.3 Å². The molecule has 10 nitrogen and oxygen atoms in total. The molecule has 0 atom stereocenters. The van der Waals surface area contributed by atoms with E-state index in [1.807, 2.05) is 48.6 Å². The first kappa shape index (κ1) is 29.3. The van der Waals surface area contributed by atoms with Crippen LogP contribution in [0.15, 0.2) is 59.2 Å². The minimum Gasteiger partial charge on any atom is -0.487 e. The first-order valence-electron chi connectivity index (χ1n) is 13.7. The molecule has 10 heteroatoms. The first-order chi connectivity index (χ1) is 20.0. The smallest absolute Gasteiger partial charge is 0.361 e. The molecular formula is C31H34N4O6. The van der Waals surface area contributed by atoms with Gasteiger partial charge in [-0.1, -0.05) is 47.2 Å². The number of hydrogen-bond donors (Lipinski definition) is 0. The minimum atomic E-state index is -0.692. The lowest BCUT2D eigenvalue weighted by Crippen LogP contribution is -2.18. The first-order valence-corrected chi connectivity index (χ1v) is 13.7. The monoisotopic (exact) mass is 558 g/mol. The molecule has 4 rings (SSSR count). The molecule has 0 spiro atoms. The lowest BCUT2D eigenvalue weighted by atomic mass is 10.1. The largest absolute Gasteiger partial charge is 0.487 e. The molecule has 4 aromatic rings. The molecule has 0 unspecified atom stereocenters. The Morgan fingerprint density at radius 2 is 1.66 bits per heavy atom. The Labute approximate surface area is 238 Å². The Morgan fingerprint density at radius 1 is 0.927 bits per heavy atom. The van der Waals surface area contributed by atoms with Crippen LogP contribution in [0.4, 0.5) is 0 Å². The van der Waals surface area contributed by atoms with Crippen LogP contribution in [0, 0.1) is 6.92 Å². The van der Waals surface area contributed by atoms with Gasteiger partial charge < -0.3 is 18.6 Å². The third kappa shape index (κ3) is 8.38. The standard InChI is InChI=1S/C31H34N4O6/c1-4-38-30(36)28-29(31(37)39-5-2)35(34-33-28)19-7-6-8-23-13-16-26(17-14-23)40-20-25-21-41-27(32-25)18-15-24-11-9-22(3)10-12-24/h9-18,21H,4-8,19-20H2,1-3H3/b18-15+. The Bertz CT molecular complexity index is 1450. The predicted octanol–water partition coefficient (Wildman–Crippen LogP) is 5.70. The maximum atomic E-state index is 12.4. The van der Waals surface area contributed by atoms with Crippen molar-refractivity contribution in [2.45, 2.75) is 53.2 Å². The van der Waals surface area contributed by atoms with E-state index in [1.165, 1.54) is 10.2 Å². The average molecular weight is 559 g/mol. The summed E-state index contributed by atoms with van der Waals surface area (Å²) in [6.07, 6.45) is 7.79. The molecular weight excluding hydrogens is 524 g/mol. The predicted molar refractivity (Wildman–Crippen MR) is 152 cm³/mol.